The second-order valence-electron chi connectivity index (χ2n) is 11.8. The standard InChI is InChI=1S/C30H33N5.Pt/c1-28(2,18-31-17-20-11-8-9-15-32-20)23-16-19-10-6-7-12-21(19)25(33-23)26-24-22-13-14-30(5,29(22,3)4)27(24)35-34-26;/h6-12,15-16,22H,13-14,17-18H2,1-5H3;/q-2;+2. The molecule has 2 unspecified atom stereocenters. The Hall–Kier alpha value is -2.36. The van der Waals surface area contributed by atoms with Crippen LogP contribution >= 0.6 is 0 Å². The van der Waals surface area contributed by atoms with Crippen LogP contribution in [-0.2, 0) is 38.4 Å². The maximum Gasteiger partial charge on any atom is 2.00 e. The Balaban J connectivity index is 0.00000267. The monoisotopic (exact) mass is 658 g/mol. The van der Waals surface area contributed by atoms with E-state index in [0.717, 1.165) is 28.2 Å². The molecule has 4 aromatic rings. The molecular formula is C30H33N5Pt. The van der Waals surface area contributed by atoms with Crippen molar-refractivity contribution < 1.29 is 21.1 Å². The average Bonchev–Trinajstić information content (AvgIpc) is 3.43. The summed E-state index contributed by atoms with van der Waals surface area (Å²) in [5.74, 6) is 0.484. The van der Waals surface area contributed by atoms with E-state index in [1.165, 1.54) is 29.5 Å². The van der Waals surface area contributed by atoms with E-state index in [4.69, 9.17) is 20.5 Å². The van der Waals surface area contributed by atoms with Crippen LogP contribution in [0, 0.1) is 5.41 Å². The van der Waals surface area contributed by atoms with Crippen LogP contribution in [0.1, 0.15) is 76.0 Å². The quantitative estimate of drug-likeness (QED) is 0.232. The molecule has 0 radical (unpaired) electrons. The summed E-state index contributed by atoms with van der Waals surface area (Å²) in [6.45, 7) is 12.9. The second kappa shape index (κ2) is 8.89. The number of hydrogen-bond donors (Lipinski definition) is 0. The molecule has 3 heterocycles. The minimum Gasteiger partial charge on any atom is -0.656 e. The topological polar surface area (TPSA) is 66.9 Å². The predicted octanol–water partition coefficient (Wildman–Crippen LogP) is 6.67. The van der Waals surface area contributed by atoms with Crippen molar-refractivity contribution in [2.24, 2.45) is 5.41 Å². The van der Waals surface area contributed by atoms with E-state index in [0.29, 0.717) is 19.0 Å². The molecule has 1 aromatic carbocycles. The molecule has 6 heteroatoms. The summed E-state index contributed by atoms with van der Waals surface area (Å²) >= 11 is 0. The van der Waals surface area contributed by atoms with Gasteiger partial charge in [0.05, 0.1) is 5.69 Å². The van der Waals surface area contributed by atoms with E-state index >= 15 is 0 Å². The van der Waals surface area contributed by atoms with Gasteiger partial charge in [0, 0.05) is 34.1 Å². The first kappa shape index (κ1) is 25.3. The molecule has 0 amide bonds. The Morgan fingerprint density at radius 1 is 1.08 bits per heavy atom. The Morgan fingerprint density at radius 2 is 1.86 bits per heavy atom. The molecule has 0 saturated heterocycles. The molecule has 1 fully saturated rings. The number of nitrogens with zero attached hydrogens (tertiary/aromatic N) is 5. The molecule has 0 aliphatic heterocycles. The number of rotatable bonds is 6. The van der Waals surface area contributed by atoms with Crippen molar-refractivity contribution >= 4 is 10.8 Å². The van der Waals surface area contributed by atoms with E-state index < -0.39 is 0 Å². The maximum absolute atomic E-state index is 5.29. The fourth-order valence-corrected chi connectivity index (χ4v) is 6.41. The van der Waals surface area contributed by atoms with Gasteiger partial charge in [-0.3, -0.25) is 9.97 Å². The first-order valence-corrected chi connectivity index (χ1v) is 12.7. The van der Waals surface area contributed by atoms with Crippen LogP contribution in [0.25, 0.3) is 27.5 Å². The first-order valence-electron chi connectivity index (χ1n) is 12.7. The maximum atomic E-state index is 5.29. The van der Waals surface area contributed by atoms with E-state index in [1.807, 2.05) is 24.4 Å². The number of fused-ring (bicyclic) bond motifs is 6. The van der Waals surface area contributed by atoms with Gasteiger partial charge in [-0.2, -0.15) is 0 Å². The van der Waals surface area contributed by atoms with Gasteiger partial charge in [-0.25, -0.2) is 0 Å². The third-order valence-corrected chi connectivity index (χ3v) is 9.02. The Bertz CT molecular complexity index is 1410. The van der Waals surface area contributed by atoms with Gasteiger partial charge in [0.15, 0.2) is 0 Å². The summed E-state index contributed by atoms with van der Waals surface area (Å²) in [7, 11) is 0. The largest absolute Gasteiger partial charge is 2.00 e. The van der Waals surface area contributed by atoms with Gasteiger partial charge >= 0.3 is 21.1 Å². The van der Waals surface area contributed by atoms with Crippen molar-refractivity contribution in [3.63, 3.8) is 0 Å². The molecule has 2 aliphatic rings. The fourth-order valence-electron chi connectivity index (χ4n) is 6.41. The third-order valence-electron chi connectivity index (χ3n) is 9.02. The zero-order chi connectivity index (χ0) is 24.4. The van der Waals surface area contributed by atoms with Crippen LogP contribution in [0.5, 0.6) is 0 Å². The summed E-state index contributed by atoms with van der Waals surface area (Å²) in [6.07, 6.45) is 4.21. The van der Waals surface area contributed by atoms with Gasteiger partial charge in [-0.1, -0.05) is 70.6 Å². The van der Waals surface area contributed by atoms with Crippen molar-refractivity contribution in [1.82, 2.24) is 20.2 Å². The van der Waals surface area contributed by atoms with Crippen LogP contribution in [0.15, 0.2) is 54.7 Å². The van der Waals surface area contributed by atoms with Crippen molar-refractivity contribution in [3.8, 4) is 11.4 Å². The molecule has 6 rings (SSSR count). The molecule has 0 spiro atoms. The Labute approximate surface area is 228 Å². The van der Waals surface area contributed by atoms with Crippen LogP contribution < -0.4 is 5.10 Å². The fraction of sp³-hybridized carbons (Fsp3) is 0.433. The molecule has 2 aliphatic carbocycles. The molecule has 188 valence electrons. The molecule has 0 N–H and O–H groups in total. The van der Waals surface area contributed by atoms with E-state index in [9.17, 15) is 0 Å². The molecule has 2 bridgehead atoms. The van der Waals surface area contributed by atoms with Crippen molar-refractivity contribution in [2.45, 2.75) is 70.8 Å². The van der Waals surface area contributed by atoms with Gasteiger partial charge in [-0.15, -0.1) is 13.1 Å². The zero-order valence-corrected chi connectivity index (χ0v) is 23.9. The molecule has 1 saturated carbocycles. The number of benzene rings is 1. The van der Waals surface area contributed by atoms with Crippen molar-refractivity contribution in [3.05, 3.63) is 82.7 Å². The summed E-state index contributed by atoms with van der Waals surface area (Å²) in [6, 6.07) is 16.7. The normalized spacial score (nSPS) is 22.0. The van der Waals surface area contributed by atoms with Crippen LogP contribution in [0.2, 0.25) is 0 Å². The summed E-state index contributed by atoms with van der Waals surface area (Å²) in [5, 5.41) is 16.8. The minimum absolute atomic E-state index is 0. The smallest absolute Gasteiger partial charge is 0.656 e. The predicted molar refractivity (Wildman–Crippen MR) is 141 cm³/mol. The van der Waals surface area contributed by atoms with E-state index in [2.05, 4.69) is 69.9 Å². The molecular weight excluding hydrogens is 625 g/mol. The zero-order valence-electron chi connectivity index (χ0n) is 21.7. The summed E-state index contributed by atoms with van der Waals surface area (Å²) in [5.41, 5.74) is 6.60. The number of pyridine rings is 2. The molecule has 36 heavy (non-hydrogen) atoms. The van der Waals surface area contributed by atoms with Crippen LogP contribution in [0.3, 0.4) is 0 Å². The summed E-state index contributed by atoms with van der Waals surface area (Å²) in [4.78, 5) is 9.70. The van der Waals surface area contributed by atoms with Gasteiger partial charge in [0.1, 0.15) is 0 Å². The summed E-state index contributed by atoms with van der Waals surface area (Å²) < 4.78 is 0. The van der Waals surface area contributed by atoms with Gasteiger partial charge in [0.2, 0.25) is 0 Å². The molecule has 3 aromatic heterocycles. The first-order chi connectivity index (χ1) is 16.7. The van der Waals surface area contributed by atoms with Gasteiger partial charge in [0.25, 0.3) is 0 Å². The van der Waals surface area contributed by atoms with Gasteiger partial charge < -0.3 is 15.5 Å². The Kier molecular flexibility index (Phi) is 6.24. The minimum atomic E-state index is -0.221. The van der Waals surface area contributed by atoms with Crippen molar-refractivity contribution in [2.75, 3.05) is 6.54 Å². The van der Waals surface area contributed by atoms with Crippen LogP contribution in [0.4, 0.5) is 0 Å². The number of hydrogen-bond acceptors (Lipinski definition) is 3. The van der Waals surface area contributed by atoms with Gasteiger partial charge in [-0.05, 0) is 58.7 Å². The number of aromatic nitrogens is 4. The Morgan fingerprint density at radius 3 is 2.64 bits per heavy atom. The molecule has 2 atom stereocenters. The van der Waals surface area contributed by atoms with Crippen LogP contribution in [-0.4, -0.2) is 21.6 Å². The van der Waals surface area contributed by atoms with Crippen molar-refractivity contribution in [1.29, 1.82) is 0 Å². The third kappa shape index (κ3) is 3.70. The van der Waals surface area contributed by atoms with E-state index in [1.54, 1.807) is 0 Å². The second-order valence-corrected chi connectivity index (χ2v) is 11.8. The average molecular weight is 659 g/mol. The van der Waals surface area contributed by atoms with E-state index in [-0.39, 0.29) is 37.3 Å². The molecule has 5 nitrogen and oxygen atoms in total. The SMILES string of the molecule is CC(C)(C[N-]Cc1ccccn1)c1cc2ccccc2c(-c2[n-]nc3c2C2CCC3(C)C2(C)C)n1.[Pt+2].